The summed E-state index contributed by atoms with van der Waals surface area (Å²) in [5, 5.41) is 4.99. The monoisotopic (exact) mass is 391 g/mol. The molecule has 1 aromatic carbocycles. The fourth-order valence-electron chi connectivity index (χ4n) is 4.24. The molecule has 0 aliphatic carbocycles. The standard InChI is InChI=1S/C20H26ClN3OS/c1-23-18-13-15(21)3-2-14(18)12-19(23)20(25)22-16-4-8-24(9-5-16)17-6-10-26-11-7-17/h2-3,12-13,16-17H,4-11H2,1H3,(H,22,25). The van der Waals surface area contributed by atoms with Crippen LogP contribution in [0.25, 0.3) is 10.9 Å². The number of carbonyl (C=O) groups is 1. The highest BCUT2D eigenvalue weighted by atomic mass is 35.5. The third-order valence-electron chi connectivity index (χ3n) is 5.81. The number of nitrogens with zero attached hydrogens (tertiary/aromatic N) is 2. The van der Waals surface area contributed by atoms with Gasteiger partial charge in [-0.05, 0) is 55.4 Å². The molecule has 4 rings (SSSR count). The smallest absolute Gasteiger partial charge is 0.268 e. The van der Waals surface area contributed by atoms with Gasteiger partial charge in [-0.25, -0.2) is 0 Å². The molecule has 2 aliphatic rings. The van der Waals surface area contributed by atoms with Crippen molar-refractivity contribution in [3.8, 4) is 0 Å². The maximum atomic E-state index is 12.8. The number of rotatable bonds is 3. The summed E-state index contributed by atoms with van der Waals surface area (Å²) < 4.78 is 1.94. The number of aromatic nitrogens is 1. The number of nitrogens with one attached hydrogen (secondary N) is 1. The van der Waals surface area contributed by atoms with Crippen LogP contribution in [0.2, 0.25) is 5.02 Å². The highest BCUT2D eigenvalue weighted by Crippen LogP contribution is 2.25. The van der Waals surface area contributed by atoms with Crippen LogP contribution in [-0.4, -0.2) is 52.1 Å². The summed E-state index contributed by atoms with van der Waals surface area (Å²) in [5.74, 6) is 2.62. The predicted molar refractivity (Wildman–Crippen MR) is 110 cm³/mol. The number of benzene rings is 1. The topological polar surface area (TPSA) is 37.3 Å². The molecular weight excluding hydrogens is 366 g/mol. The SMILES string of the molecule is Cn1c(C(=O)NC2CCN(C3CCSCC3)CC2)cc2ccc(Cl)cc21. The zero-order valence-corrected chi connectivity index (χ0v) is 16.8. The first kappa shape index (κ1) is 18.2. The van der Waals surface area contributed by atoms with Gasteiger partial charge in [0.1, 0.15) is 5.69 Å². The fourth-order valence-corrected chi connectivity index (χ4v) is 5.49. The van der Waals surface area contributed by atoms with Crippen molar-refractivity contribution in [3.63, 3.8) is 0 Å². The molecule has 6 heteroatoms. The van der Waals surface area contributed by atoms with Crippen LogP contribution in [0.1, 0.15) is 36.2 Å². The maximum Gasteiger partial charge on any atom is 0.268 e. The lowest BCUT2D eigenvalue weighted by Gasteiger charge is -2.39. The minimum absolute atomic E-state index is 0.0207. The molecule has 1 N–H and O–H groups in total. The Hall–Kier alpha value is -1.17. The molecule has 4 nitrogen and oxygen atoms in total. The first-order valence-corrected chi connectivity index (χ1v) is 11.0. The summed E-state index contributed by atoms with van der Waals surface area (Å²) in [6.45, 7) is 2.20. The van der Waals surface area contributed by atoms with E-state index in [-0.39, 0.29) is 11.9 Å². The largest absolute Gasteiger partial charge is 0.348 e. The highest BCUT2D eigenvalue weighted by molar-refractivity contribution is 7.99. The Bertz CT molecular complexity index is 792. The quantitative estimate of drug-likeness (QED) is 0.861. The second kappa shape index (κ2) is 7.83. The third kappa shape index (κ3) is 3.75. The second-order valence-corrected chi connectivity index (χ2v) is 9.08. The first-order chi connectivity index (χ1) is 12.6. The summed E-state index contributed by atoms with van der Waals surface area (Å²) >= 11 is 8.17. The molecule has 0 radical (unpaired) electrons. The highest BCUT2D eigenvalue weighted by Gasteiger charge is 2.27. The fraction of sp³-hybridized carbons (Fsp3) is 0.550. The second-order valence-electron chi connectivity index (χ2n) is 7.42. The zero-order chi connectivity index (χ0) is 18.1. The van der Waals surface area contributed by atoms with Crippen LogP contribution in [0.4, 0.5) is 0 Å². The van der Waals surface area contributed by atoms with E-state index in [1.54, 1.807) is 0 Å². The first-order valence-electron chi connectivity index (χ1n) is 9.49. The Labute approximate surface area is 164 Å². The normalized spacial score (nSPS) is 20.5. The number of thioether (sulfide) groups is 1. The number of halogens is 1. The molecular formula is C20H26ClN3OS. The average Bonchev–Trinajstić information content (AvgIpc) is 2.99. The van der Waals surface area contributed by atoms with Crippen LogP contribution in [0.15, 0.2) is 24.3 Å². The average molecular weight is 392 g/mol. The van der Waals surface area contributed by atoms with Crippen molar-refractivity contribution in [2.75, 3.05) is 24.6 Å². The Morgan fingerprint density at radius 1 is 1.15 bits per heavy atom. The lowest BCUT2D eigenvalue weighted by atomic mass is 10.0. The van der Waals surface area contributed by atoms with Crippen molar-refractivity contribution < 1.29 is 4.79 Å². The van der Waals surface area contributed by atoms with Gasteiger partial charge < -0.3 is 14.8 Å². The lowest BCUT2D eigenvalue weighted by Crippen LogP contribution is -2.49. The molecule has 3 heterocycles. The molecule has 1 aromatic heterocycles. The van der Waals surface area contributed by atoms with Crippen molar-refractivity contribution in [2.45, 2.75) is 37.8 Å². The van der Waals surface area contributed by atoms with Gasteiger partial charge in [-0.3, -0.25) is 4.79 Å². The van der Waals surface area contributed by atoms with Gasteiger partial charge in [0.2, 0.25) is 0 Å². The number of likely N-dealkylation sites (tertiary alicyclic amines) is 1. The number of carbonyl (C=O) groups excluding carboxylic acids is 1. The molecule has 1 amide bonds. The van der Waals surface area contributed by atoms with Crippen molar-refractivity contribution in [2.24, 2.45) is 7.05 Å². The molecule has 0 bridgehead atoms. The number of hydrogen-bond acceptors (Lipinski definition) is 3. The van der Waals surface area contributed by atoms with Crippen LogP contribution in [0.3, 0.4) is 0 Å². The predicted octanol–water partition coefficient (Wildman–Crippen LogP) is 3.92. The van der Waals surface area contributed by atoms with E-state index in [0.29, 0.717) is 10.7 Å². The summed E-state index contributed by atoms with van der Waals surface area (Å²) in [6, 6.07) is 8.74. The van der Waals surface area contributed by atoms with E-state index >= 15 is 0 Å². The van der Waals surface area contributed by atoms with E-state index in [0.717, 1.165) is 42.9 Å². The minimum Gasteiger partial charge on any atom is -0.348 e. The van der Waals surface area contributed by atoms with Crippen LogP contribution >= 0.6 is 23.4 Å². The minimum atomic E-state index is 0.0207. The van der Waals surface area contributed by atoms with Gasteiger partial charge in [-0.1, -0.05) is 17.7 Å². The molecule has 0 saturated carbocycles. The molecule has 2 saturated heterocycles. The van der Waals surface area contributed by atoms with E-state index in [2.05, 4.69) is 22.0 Å². The van der Waals surface area contributed by atoms with Gasteiger partial charge in [0.05, 0.1) is 0 Å². The summed E-state index contributed by atoms with van der Waals surface area (Å²) in [4.78, 5) is 15.4. The van der Waals surface area contributed by atoms with Gasteiger partial charge in [0, 0.05) is 48.1 Å². The van der Waals surface area contributed by atoms with E-state index < -0.39 is 0 Å². The van der Waals surface area contributed by atoms with Gasteiger partial charge >= 0.3 is 0 Å². The molecule has 26 heavy (non-hydrogen) atoms. The van der Waals surface area contributed by atoms with Crippen molar-refractivity contribution >= 4 is 40.2 Å². The maximum absolute atomic E-state index is 12.8. The Kier molecular flexibility index (Phi) is 5.48. The van der Waals surface area contributed by atoms with E-state index in [9.17, 15) is 4.79 Å². The number of hydrogen-bond donors (Lipinski definition) is 1. The van der Waals surface area contributed by atoms with Crippen LogP contribution in [0, 0.1) is 0 Å². The van der Waals surface area contributed by atoms with E-state index in [1.165, 1.54) is 24.3 Å². The Balaban J connectivity index is 1.37. The number of piperidine rings is 1. The lowest BCUT2D eigenvalue weighted by molar-refractivity contribution is 0.0879. The summed E-state index contributed by atoms with van der Waals surface area (Å²) in [6.07, 6.45) is 4.73. The number of fused-ring (bicyclic) bond motifs is 1. The van der Waals surface area contributed by atoms with E-state index in [4.69, 9.17) is 11.6 Å². The Morgan fingerprint density at radius 2 is 1.88 bits per heavy atom. The van der Waals surface area contributed by atoms with Crippen LogP contribution in [0.5, 0.6) is 0 Å². The molecule has 2 fully saturated rings. The number of amides is 1. The molecule has 0 atom stereocenters. The van der Waals surface area contributed by atoms with Crippen molar-refractivity contribution in [3.05, 3.63) is 35.0 Å². The van der Waals surface area contributed by atoms with Crippen molar-refractivity contribution in [1.82, 2.24) is 14.8 Å². The third-order valence-corrected chi connectivity index (χ3v) is 7.10. The zero-order valence-electron chi connectivity index (χ0n) is 15.2. The van der Waals surface area contributed by atoms with E-state index in [1.807, 2.05) is 35.9 Å². The summed E-state index contributed by atoms with van der Waals surface area (Å²) in [5.41, 5.74) is 1.70. The molecule has 0 spiro atoms. The molecule has 2 aliphatic heterocycles. The molecule has 140 valence electrons. The van der Waals surface area contributed by atoms with Crippen molar-refractivity contribution in [1.29, 1.82) is 0 Å². The molecule has 0 unspecified atom stereocenters. The van der Waals surface area contributed by atoms with Gasteiger partial charge in [0.15, 0.2) is 0 Å². The van der Waals surface area contributed by atoms with Gasteiger partial charge in [-0.2, -0.15) is 11.8 Å². The van der Waals surface area contributed by atoms with Crippen LogP contribution < -0.4 is 5.32 Å². The van der Waals surface area contributed by atoms with Crippen LogP contribution in [-0.2, 0) is 7.05 Å². The number of aryl methyl sites for hydroxylation is 1. The molecule has 2 aromatic rings. The van der Waals surface area contributed by atoms with Gasteiger partial charge in [-0.15, -0.1) is 0 Å². The van der Waals surface area contributed by atoms with Gasteiger partial charge in [0.25, 0.3) is 5.91 Å². The summed E-state index contributed by atoms with van der Waals surface area (Å²) in [7, 11) is 1.93. The Morgan fingerprint density at radius 3 is 2.62 bits per heavy atom.